The summed E-state index contributed by atoms with van der Waals surface area (Å²) in [5, 5.41) is 42.1. The van der Waals surface area contributed by atoms with Crippen LogP contribution in [0.25, 0.3) is 21.7 Å². The number of aliphatic hydroxyl groups is 1. The summed E-state index contributed by atoms with van der Waals surface area (Å²) in [5.41, 5.74) is 20.5. The summed E-state index contributed by atoms with van der Waals surface area (Å²) in [6.07, 6.45) is 1.05. The van der Waals surface area contributed by atoms with E-state index >= 15 is 0 Å². The molecule has 1 fully saturated rings. The van der Waals surface area contributed by atoms with Gasteiger partial charge in [0.25, 0.3) is 0 Å². The van der Waals surface area contributed by atoms with Gasteiger partial charge in [-0.05, 0) is 90.7 Å². The van der Waals surface area contributed by atoms with Crippen molar-refractivity contribution >= 4 is 90.5 Å². The van der Waals surface area contributed by atoms with E-state index in [2.05, 4.69) is 42.2 Å². The number of hydrogen-bond acceptors (Lipinski definition) is 14. The quantitative estimate of drug-likeness (QED) is 0.0453. The smallest absolute Gasteiger partial charge is 0.244 e. The molecule has 1 aliphatic rings. The number of para-hydroxylation sites is 1. The Bertz CT molecular complexity index is 2890. The van der Waals surface area contributed by atoms with Gasteiger partial charge in [-0.3, -0.25) is 38.4 Å². The van der Waals surface area contributed by atoms with Crippen molar-refractivity contribution in [1.82, 2.24) is 42.2 Å². The number of unbranched alkanes of at least 4 members (excludes halogenated alkanes) is 1. The first-order valence-electron chi connectivity index (χ1n) is 25.4. The second-order valence-corrected chi connectivity index (χ2v) is 22.0. The van der Waals surface area contributed by atoms with Gasteiger partial charge in [0.05, 0.1) is 12.1 Å². The highest BCUT2D eigenvalue weighted by Gasteiger charge is 2.36. The second-order valence-electron chi connectivity index (χ2n) is 19.4. The minimum atomic E-state index is -1.55. The first-order valence-corrected chi connectivity index (χ1v) is 27.9. The average Bonchev–Trinajstić information content (AvgIpc) is 3.81. The lowest BCUT2D eigenvalue weighted by atomic mass is 10.00. The van der Waals surface area contributed by atoms with Crippen LogP contribution >= 0.6 is 21.6 Å². The topological polar surface area (TPSA) is 355 Å². The Balaban J connectivity index is 1.39. The molecule has 21 nitrogen and oxygen atoms in total. The van der Waals surface area contributed by atoms with Gasteiger partial charge in [-0.15, -0.1) is 0 Å². The number of hydrogen-bond donors (Lipinski definition) is 13. The van der Waals surface area contributed by atoms with Crippen LogP contribution in [0.4, 0.5) is 0 Å². The Hall–Kier alpha value is -7.18. The van der Waals surface area contributed by atoms with Crippen LogP contribution in [-0.4, -0.2) is 135 Å². The van der Waals surface area contributed by atoms with E-state index in [0.29, 0.717) is 24.0 Å². The molecule has 8 amide bonds. The molecule has 1 aromatic heterocycles. The molecule has 1 aliphatic heterocycles. The summed E-state index contributed by atoms with van der Waals surface area (Å²) in [7, 11) is 2.03. The molecule has 16 N–H and O–H groups in total. The van der Waals surface area contributed by atoms with Crippen molar-refractivity contribution in [3.8, 4) is 5.75 Å². The number of nitrogens with one attached hydrogen (secondary N) is 8. The first-order chi connectivity index (χ1) is 36.8. The number of carbonyl (C=O) groups is 8. The fourth-order valence-corrected chi connectivity index (χ4v) is 11.0. The van der Waals surface area contributed by atoms with E-state index < -0.39 is 108 Å². The number of nitrogens with two attached hydrogens (primary N) is 3. The lowest BCUT2D eigenvalue weighted by Gasteiger charge is -2.29. The van der Waals surface area contributed by atoms with Crippen LogP contribution in [0.15, 0.2) is 97.2 Å². The highest BCUT2D eigenvalue weighted by molar-refractivity contribution is 8.76. The first kappa shape index (κ1) is 59.1. The molecule has 0 spiro atoms. The third kappa shape index (κ3) is 16.9. The SMILES string of the molecule is CC(C)[C@@H]1NC(=O)[C@H](CCCCN)NC(=O)[C@@H](Cc2c[nH]c3ccccc23)NC(=O)C(Cc2ccc(O)cc2)NC(=O)[C@@H](NC(=O)[C@H](N)Cc2ccc3ccccc3c2)CSSCC(C(=O)N[C@H](C(N)=O)[C@@H](C)O)NC1=O. The van der Waals surface area contributed by atoms with Crippen molar-refractivity contribution in [3.05, 3.63) is 114 Å². The third-order valence-electron chi connectivity index (χ3n) is 13.1. The molecule has 0 radical (unpaired) electrons. The third-order valence-corrected chi connectivity index (χ3v) is 15.5. The Morgan fingerprint density at radius 3 is 2.03 bits per heavy atom. The number of H-pyrrole nitrogens is 1. The predicted octanol–water partition coefficient (Wildman–Crippen LogP) is 0.822. The van der Waals surface area contributed by atoms with Gasteiger partial charge in [-0.1, -0.05) is 108 Å². The number of amides is 8. The Morgan fingerprint density at radius 1 is 0.714 bits per heavy atom. The molecule has 6 rings (SSSR count). The monoisotopic (exact) mass is 1100 g/mol. The van der Waals surface area contributed by atoms with E-state index in [1.807, 2.05) is 66.7 Å². The predicted molar refractivity (Wildman–Crippen MR) is 296 cm³/mol. The summed E-state index contributed by atoms with van der Waals surface area (Å²) in [6.45, 7) is 4.85. The molecule has 2 heterocycles. The Labute approximate surface area is 453 Å². The Kier molecular flexibility index (Phi) is 21.7. The minimum Gasteiger partial charge on any atom is -0.508 e. The van der Waals surface area contributed by atoms with Crippen molar-refractivity contribution in [1.29, 1.82) is 0 Å². The second kappa shape index (κ2) is 28.3. The van der Waals surface area contributed by atoms with Gasteiger partial charge in [-0.25, -0.2) is 0 Å². The van der Waals surface area contributed by atoms with Crippen LogP contribution < -0.4 is 54.4 Å². The molecule has 1 saturated heterocycles. The van der Waals surface area contributed by atoms with Crippen LogP contribution in [0.3, 0.4) is 0 Å². The van der Waals surface area contributed by atoms with Crippen LogP contribution in [0, 0.1) is 5.92 Å². The highest BCUT2D eigenvalue weighted by atomic mass is 33.1. The number of fused-ring (bicyclic) bond motifs is 2. The summed E-state index contributed by atoms with van der Waals surface area (Å²) in [5.74, 6) is -7.66. The summed E-state index contributed by atoms with van der Waals surface area (Å²) in [6, 6.07) is 15.8. The largest absolute Gasteiger partial charge is 0.508 e. The number of phenolic OH excluding ortho intramolecular Hbond substituents is 1. The number of benzene rings is 4. The van der Waals surface area contributed by atoms with Crippen molar-refractivity contribution in [2.24, 2.45) is 23.1 Å². The van der Waals surface area contributed by atoms with Gasteiger partial charge in [-0.2, -0.15) is 0 Å². The number of aromatic hydroxyl groups is 1. The highest BCUT2D eigenvalue weighted by Crippen LogP contribution is 2.25. The van der Waals surface area contributed by atoms with Crippen LogP contribution in [0.2, 0.25) is 0 Å². The van der Waals surface area contributed by atoms with E-state index in [-0.39, 0.29) is 49.5 Å². The van der Waals surface area contributed by atoms with Gasteiger partial charge < -0.3 is 69.6 Å². The number of aromatic amines is 1. The van der Waals surface area contributed by atoms with E-state index in [1.54, 1.807) is 32.2 Å². The van der Waals surface area contributed by atoms with Crippen LogP contribution in [0.1, 0.15) is 56.7 Å². The molecule has 23 heteroatoms. The molecular formula is C54H69N11O10S2. The summed E-state index contributed by atoms with van der Waals surface area (Å²) >= 11 is 0. The molecule has 4 aromatic carbocycles. The average molecular weight is 1100 g/mol. The normalized spacial score (nSPS) is 21.6. The summed E-state index contributed by atoms with van der Waals surface area (Å²) in [4.78, 5) is 116. The van der Waals surface area contributed by atoms with Gasteiger partial charge in [0.15, 0.2) is 0 Å². The number of primary amides is 1. The Morgan fingerprint density at radius 2 is 1.34 bits per heavy atom. The van der Waals surface area contributed by atoms with Crippen molar-refractivity contribution in [2.75, 3.05) is 18.1 Å². The lowest BCUT2D eigenvalue weighted by molar-refractivity contribution is -0.136. The molecule has 9 atom stereocenters. The van der Waals surface area contributed by atoms with Crippen molar-refractivity contribution in [3.63, 3.8) is 0 Å². The van der Waals surface area contributed by atoms with E-state index in [0.717, 1.165) is 48.8 Å². The fourth-order valence-electron chi connectivity index (χ4n) is 8.71. The number of aromatic nitrogens is 1. The maximum absolute atomic E-state index is 14.9. The number of rotatable bonds is 17. The van der Waals surface area contributed by atoms with Crippen LogP contribution in [0.5, 0.6) is 5.75 Å². The lowest BCUT2D eigenvalue weighted by Crippen LogP contribution is -2.62. The zero-order valence-electron chi connectivity index (χ0n) is 43.1. The van der Waals surface area contributed by atoms with E-state index in [9.17, 15) is 48.6 Å². The fraction of sp³-hybridized carbons (Fsp3) is 0.407. The van der Waals surface area contributed by atoms with E-state index in [4.69, 9.17) is 17.2 Å². The molecule has 77 heavy (non-hydrogen) atoms. The van der Waals surface area contributed by atoms with Gasteiger partial charge in [0, 0.05) is 41.4 Å². The van der Waals surface area contributed by atoms with Gasteiger partial charge in [0.2, 0.25) is 47.3 Å². The van der Waals surface area contributed by atoms with Gasteiger partial charge in [0.1, 0.15) is 48.0 Å². The van der Waals surface area contributed by atoms with Crippen LogP contribution in [-0.2, 0) is 57.6 Å². The molecule has 0 bridgehead atoms. The maximum Gasteiger partial charge on any atom is 0.244 e. The molecule has 2 unspecified atom stereocenters. The minimum absolute atomic E-state index is 0.0501. The number of phenols is 1. The van der Waals surface area contributed by atoms with Gasteiger partial charge >= 0.3 is 0 Å². The molecule has 0 aliphatic carbocycles. The maximum atomic E-state index is 14.9. The summed E-state index contributed by atoms with van der Waals surface area (Å²) < 4.78 is 0. The molecule has 5 aromatic rings. The molecular weight excluding hydrogens is 1030 g/mol. The number of aliphatic hydroxyl groups excluding tert-OH is 1. The number of carbonyl (C=O) groups excluding carboxylic acids is 8. The molecule has 0 saturated carbocycles. The van der Waals surface area contributed by atoms with Crippen molar-refractivity contribution in [2.45, 2.75) is 114 Å². The zero-order valence-corrected chi connectivity index (χ0v) is 44.7. The zero-order chi connectivity index (χ0) is 55.8. The molecule has 412 valence electrons. The van der Waals surface area contributed by atoms with E-state index in [1.165, 1.54) is 19.1 Å². The van der Waals surface area contributed by atoms with Crippen molar-refractivity contribution < 1.29 is 48.6 Å². The standard InChI is InChI=1S/C54H69N11O10S2/c1-29(2)45-54(75)63-44(53(74)65-46(30(3)66)47(57)68)28-77-76-27-43(62-48(69)38(56)23-32-15-18-33-10-4-5-11-34(33)22-32)52(73)60-41(24-31-16-19-36(67)20-17-31)50(71)61-42(25-35-26-58-39-13-7-6-12-37(35)39)51(72)59-40(49(70)64-45)14-8-9-21-55/h4-7,10-13,15-20,22,26,29-30,38,40-46,58,66-67H,8-9,14,21,23-25,27-28,55-56H2,1-3H3,(H2,57,68)(H,59,72)(H,60,73)(H,61,71)(H,62,69)(H,63,75)(H,64,70)(H,65,74)/t30-,38-,40+,41?,42-,43+,44?,45+,46+/m1/s1.